The summed E-state index contributed by atoms with van der Waals surface area (Å²) in [6.07, 6.45) is 5.75. The van der Waals surface area contributed by atoms with Crippen LogP contribution in [0, 0.1) is 0 Å². The molecule has 1 N–H and O–H groups in total. The molecule has 0 spiro atoms. The maximum atomic E-state index is 11.5. The van der Waals surface area contributed by atoms with Crippen molar-refractivity contribution in [1.29, 1.82) is 0 Å². The van der Waals surface area contributed by atoms with Gasteiger partial charge in [0.25, 0.3) is 0 Å². The van der Waals surface area contributed by atoms with E-state index in [-0.39, 0.29) is 0 Å². The molecule has 0 saturated heterocycles. The third-order valence-electron chi connectivity index (χ3n) is 2.76. The normalized spacial score (nSPS) is 10.8. The molecule has 3 heteroatoms. The van der Waals surface area contributed by atoms with Crippen LogP contribution in [0.4, 0.5) is 10.5 Å². The Morgan fingerprint density at radius 2 is 1.85 bits per heavy atom. The zero-order chi connectivity index (χ0) is 14.8. The molecule has 108 valence electrons. The summed E-state index contributed by atoms with van der Waals surface area (Å²) in [5.41, 5.74) is 3.30. The van der Waals surface area contributed by atoms with Crippen LogP contribution in [0.5, 0.6) is 0 Å². The second kappa shape index (κ2) is 8.97. The van der Waals surface area contributed by atoms with Crippen LogP contribution in [0.15, 0.2) is 53.6 Å². The van der Waals surface area contributed by atoms with Gasteiger partial charge in [-0.15, -0.1) is 0 Å². The molecule has 3 nitrogen and oxygen atoms in total. The van der Waals surface area contributed by atoms with E-state index >= 15 is 0 Å². The number of anilines is 1. The summed E-state index contributed by atoms with van der Waals surface area (Å²) in [5.74, 6) is 0. The van der Waals surface area contributed by atoms with Crippen molar-refractivity contribution in [2.45, 2.75) is 33.6 Å². The minimum absolute atomic E-state index is 0.305. The molecule has 0 fully saturated rings. The van der Waals surface area contributed by atoms with E-state index in [4.69, 9.17) is 4.74 Å². The number of carbonyl (C=O) groups excluding carboxylic acids is 1. The number of nitrogens with one attached hydrogen (secondary N) is 1. The van der Waals surface area contributed by atoms with E-state index in [9.17, 15) is 4.79 Å². The number of rotatable bonds is 6. The van der Waals surface area contributed by atoms with E-state index in [2.05, 4.69) is 32.2 Å². The maximum absolute atomic E-state index is 11.5. The maximum Gasteiger partial charge on any atom is 0.411 e. The Hall–Kier alpha value is -2.03. The van der Waals surface area contributed by atoms with Gasteiger partial charge in [-0.25, -0.2) is 4.79 Å². The third kappa shape index (κ3) is 7.41. The van der Waals surface area contributed by atoms with Crippen LogP contribution < -0.4 is 5.32 Å². The Labute approximate surface area is 121 Å². The Kier molecular flexibility index (Phi) is 7.18. The zero-order valence-electron chi connectivity index (χ0n) is 12.5. The minimum Gasteiger partial charge on any atom is -0.445 e. The number of hydrogen-bond donors (Lipinski definition) is 1. The van der Waals surface area contributed by atoms with Crippen molar-refractivity contribution in [3.8, 4) is 0 Å². The molecule has 0 aromatic heterocycles. The van der Waals surface area contributed by atoms with Crippen LogP contribution in [-0.2, 0) is 4.74 Å². The number of para-hydroxylation sites is 1. The lowest BCUT2D eigenvalue weighted by Gasteiger charge is -2.05. The van der Waals surface area contributed by atoms with Crippen LogP contribution in [0.25, 0.3) is 0 Å². The highest BCUT2D eigenvalue weighted by atomic mass is 16.5. The fraction of sp³-hybridized carbons (Fsp3) is 0.353. The number of ether oxygens (including phenoxy) is 1. The van der Waals surface area contributed by atoms with Crippen LogP contribution in [0.1, 0.15) is 33.6 Å². The first-order chi connectivity index (χ1) is 9.58. The molecule has 0 unspecified atom stereocenters. The van der Waals surface area contributed by atoms with Crippen molar-refractivity contribution in [3.05, 3.63) is 53.6 Å². The van der Waals surface area contributed by atoms with Crippen molar-refractivity contribution in [2.75, 3.05) is 11.9 Å². The van der Waals surface area contributed by atoms with Gasteiger partial charge in [0.2, 0.25) is 0 Å². The van der Waals surface area contributed by atoms with Crippen molar-refractivity contribution >= 4 is 11.8 Å². The first-order valence-corrected chi connectivity index (χ1v) is 6.86. The standard InChI is InChI=1S/C17H23NO2/c1-14(2)8-7-9-15(3)12-13-20-17(19)18-16-10-5-4-6-11-16/h4-6,8,10-12H,7,9,13H2,1-3H3,(H,18,19). The van der Waals surface area contributed by atoms with Crippen LogP contribution in [0.3, 0.4) is 0 Å². The van der Waals surface area contributed by atoms with Gasteiger partial charge in [0.1, 0.15) is 6.61 Å². The van der Waals surface area contributed by atoms with Gasteiger partial charge in [-0.05, 0) is 51.8 Å². The smallest absolute Gasteiger partial charge is 0.411 e. The quantitative estimate of drug-likeness (QED) is 0.746. The Morgan fingerprint density at radius 1 is 1.15 bits per heavy atom. The Balaban J connectivity index is 2.25. The fourth-order valence-electron chi connectivity index (χ4n) is 1.63. The second-order valence-electron chi connectivity index (χ2n) is 4.96. The summed E-state index contributed by atoms with van der Waals surface area (Å²) in [5, 5.41) is 2.67. The first kappa shape index (κ1) is 16.0. The summed E-state index contributed by atoms with van der Waals surface area (Å²) in [7, 11) is 0. The highest BCUT2D eigenvalue weighted by molar-refractivity contribution is 5.84. The summed E-state index contributed by atoms with van der Waals surface area (Å²) >= 11 is 0. The average Bonchev–Trinajstić information content (AvgIpc) is 2.39. The molecular weight excluding hydrogens is 250 g/mol. The van der Waals surface area contributed by atoms with Crippen LogP contribution in [-0.4, -0.2) is 12.7 Å². The number of benzene rings is 1. The highest BCUT2D eigenvalue weighted by Gasteiger charge is 2.00. The molecule has 0 aliphatic carbocycles. The van der Waals surface area contributed by atoms with E-state index in [1.54, 1.807) is 0 Å². The lowest BCUT2D eigenvalue weighted by molar-refractivity contribution is 0.174. The van der Waals surface area contributed by atoms with Gasteiger partial charge in [0.15, 0.2) is 0 Å². The Morgan fingerprint density at radius 3 is 2.50 bits per heavy atom. The van der Waals surface area contributed by atoms with Crippen LogP contribution >= 0.6 is 0 Å². The predicted molar refractivity (Wildman–Crippen MR) is 83.8 cm³/mol. The zero-order valence-corrected chi connectivity index (χ0v) is 12.5. The van der Waals surface area contributed by atoms with Crippen molar-refractivity contribution in [2.24, 2.45) is 0 Å². The lowest BCUT2D eigenvalue weighted by atomic mass is 10.1. The fourth-order valence-corrected chi connectivity index (χ4v) is 1.63. The summed E-state index contributed by atoms with van der Waals surface area (Å²) in [4.78, 5) is 11.5. The van der Waals surface area contributed by atoms with Gasteiger partial charge in [-0.3, -0.25) is 5.32 Å². The minimum atomic E-state index is -0.426. The molecule has 0 saturated carbocycles. The molecule has 0 atom stereocenters. The Bertz CT molecular complexity index is 471. The number of amides is 1. The molecule has 20 heavy (non-hydrogen) atoms. The van der Waals surface area contributed by atoms with Gasteiger partial charge in [-0.1, -0.05) is 35.4 Å². The summed E-state index contributed by atoms with van der Waals surface area (Å²) < 4.78 is 5.10. The molecule has 0 aliphatic heterocycles. The van der Waals surface area contributed by atoms with E-state index < -0.39 is 6.09 Å². The van der Waals surface area contributed by atoms with Crippen molar-refractivity contribution in [3.63, 3.8) is 0 Å². The van der Waals surface area contributed by atoms with E-state index in [1.807, 2.05) is 36.4 Å². The van der Waals surface area contributed by atoms with E-state index in [0.29, 0.717) is 6.61 Å². The molecule has 0 bridgehead atoms. The van der Waals surface area contributed by atoms with Gasteiger partial charge in [0.05, 0.1) is 0 Å². The molecule has 1 aromatic carbocycles. The molecule has 1 aromatic rings. The molecule has 1 rings (SSSR count). The molecule has 0 radical (unpaired) electrons. The lowest BCUT2D eigenvalue weighted by Crippen LogP contribution is -2.13. The first-order valence-electron chi connectivity index (χ1n) is 6.86. The second-order valence-corrected chi connectivity index (χ2v) is 4.96. The summed E-state index contributed by atoms with van der Waals surface area (Å²) in [6.45, 7) is 6.54. The monoisotopic (exact) mass is 273 g/mol. The molecule has 0 heterocycles. The van der Waals surface area contributed by atoms with Crippen molar-refractivity contribution in [1.82, 2.24) is 0 Å². The number of hydrogen-bond acceptors (Lipinski definition) is 2. The topological polar surface area (TPSA) is 38.3 Å². The van der Waals surface area contributed by atoms with E-state index in [1.165, 1.54) is 11.1 Å². The predicted octanol–water partition coefficient (Wildman–Crippen LogP) is 4.93. The average molecular weight is 273 g/mol. The highest BCUT2D eigenvalue weighted by Crippen LogP contribution is 2.07. The summed E-state index contributed by atoms with van der Waals surface area (Å²) in [6, 6.07) is 9.27. The molecule has 1 amide bonds. The largest absolute Gasteiger partial charge is 0.445 e. The van der Waals surface area contributed by atoms with E-state index in [0.717, 1.165) is 18.5 Å². The SMILES string of the molecule is CC(C)=CCCC(C)=CCOC(=O)Nc1ccccc1. The van der Waals surface area contributed by atoms with Crippen LogP contribution in [0.2, 0.25) is 0 Å². The number of allylic oxidation sites excluding steroid dienone is 3. The third-order valence-corrected chi connectivity index (χ3v) is 2.76. The molecular formula is C17H23NO2. The number of carbonyl (C=O) groups is 1. The van der Waals surface area contributed by atoms with Gasteiger partial charge in [-0.2, -0.15) is 0 Å². The molecule has 0 aliphatic rings. The van der Waals surface area contributed by atoms with Gasteiger partial charge >= 0.3 is 6.09 Å². The van der Waals surface area contributed by atoms with Gasteiger partial charge in [0, 0.05) is 5.69 Å². The van der Waals surface area contributed by atoms with Gasteiger partial charge < -0.3 is 4.74 Å². The van der Waals surface area contributed by atoms with Crippen molar-refractivity contribution < 1.29 is 9.53 Å².